The van der Waals surface area contributed by atoms with Crippen molar-refractivity contribution in [2.45, 2.75) is 24.2 Å². The first kappa shape index (κ1) is 17.7. The van der Waals surface area contributed by atoms with Crippen LogP contribution in [0.5, 0.6) is 17.2 Å². The molecule has 23 heavy (non-hydrogen) atoms. The van der Waals surface area contributed by atoms with E-state index in [2.05, 4.69) is 0 Å². The van der Waals surface area contributed by atoms with E-state index in [9.17, 15) is 19.9 Å². The minimum absolute atomic E-state index is 0.159. The summed E-state index contributed by atoms with van der Waals surface area (Å²) >= 11 is 0.311. The second-order valence-corrected chi connectivity index (χ2v) is 8.63. The maximum absolute atomic E-state index is 11.2. The fraction of sp³-hybridized carbons (Fsp3) is 0.200. The zero-order chi connectivity index (χ0) is 17.0. The summed E-state index contributed by atoms with van der Waals surface area (Å²) in [7, 11) is 0. The van der Waals surface area contributed by atoms with Gasteiger partial charge in [-0.25, -0.2) is 4.57 Å². The van der Waals surface area contributed by atoms with Gasteiger partial charge in [0, 0.05) is 16.5 Å². The zero-order valence-corrected chi connectivity index (χ0v) is 13.8. The highest BCUT2D eigenvalue weighted by Gasteiger charge is 2.20. The number of benzene rings is 2. The van der Waals surface area contributed by atoms with Crippen LogP contribution in [0.25, 0.3) is 0 Å². The van der Waals surface area contributed by atoms with Crippen LogP contribution in [-0.2, 0) is 17.4 Å². The number of hydrogen-bond donors (Lipinski definition) is 5. The van der Waals surface area contributed by atoms with Gasteiger partial charge in [-0.15, -0.1) is 0 Å². The van der Waals surface area contributed by atoms with Crippen LogP contribution in [-0.4, -0.2) is 25.1 Å². The van der Waals surface area contributed by atoms with Crippen molar-refractivity contribution in [1.82, 2.24) is 0 Å². The van der Waals surface area contributed by atoms with E-state index in [0.29, 0.717) is 36.2 Å². The molecular formula is C15H17O6PS. The van der Waals surface area contributed by atoms with Gasteiger partial charge in [0.15, 0.2) is 0 Å². The van der Waals surface area contributed by atoms with Crippen LogP contribution in [0.1, 0.15) is 17.5 Å². The van der Waals surface area contributed by atoms with E-state index in [1.54, 1.807) is 18.2 Å². The summed E-state index contributed by atoms with van der Waals surface area (Å²) in [6, 6.07) is 9.19. The van der Waals surface area contributed by atoms with E-state index < -0.39 is 6.80 Å². The fourth-order valence-electron chi connectivity index (χ4n) is 2.26. The van der Waals surface area contributed by atoms with Crippen molar-refractivity contribution in [3.05, 3.63) is 47.5 Å². The van der Waals surface area contributed by atoms with Crippen molar-refractivity contribution in [3.8, 4) is 17.2 Å². The van der Waals surface area contributed by atoms with Crippen LogP contribution >= 0.6 is 18.2 Å². The normalized spacial score (nSPS) is 11.6. The van der Waals surface area contributed by atoms with Gasteiger partial charge >= 0.3 is 6.80 Å². The lowest BCUT2D eigenvalue weighted by Gasteiger charge is -2.12. The third kappa shape index (κ3) is 5.48. The van der Waals surface area contributed by atoms with Gasteiger partial charge in [-0.05, 0) is 54.4 Å². The summed E-state index contributed by atoms with van der Waals surface area (Å²) in [5.74, 6) is -0.278. The second-order valence-electron chi connectivity index (χ2n) is 5.05. The lowest BCUT2D eigenvalue weighted by atomic mass is 10.0. The predicted octanol–water partition coefficient (Wildman–Crippen LogP) is 3.16. The molecule has 2 aromatic carbocycles. The predicted molar refractivity (Wildman–Crippen MR) is 87.8 cm³/mol. The monoisotopic (exact) mass is 356 g/mol. The highest BCUT2D eigenvalue weighted by molar-refractivity contribution is 8.54. The Labute approximate surface area is 137 Å². The molecule has 5 N–H and O–H groups in total. The Bertz CT molecular complexity index is 743. The molecule has 0 aliphatic rings. The van der Waals surface area contributed by atoms with Crippen LogP contribution in [0.4, 0.5) is 0 Å². The molecule has 0 heterocycles. The number of hydrogen-bond acceptors (Lipinski definition) is 5. The second kappa shape index (κ2) is 7.27. The quantitative estimate of drug-likeness (QED) is 0.505. The number of phenolic OH excluding ortho intramolecular Hbond substituents is 3. The molecule has 0 amide bonds. The molecule has 124 valence electrons. The Balaban J connectivity index is 2.13. The van der Waals surface area contributed by atoms with Crippen molar-refractivity contribution < 1.29 is 29.7 Å². The van der Waals surface area contributed by atoms with Gasteiger partial charge in [-0.3, -0.25) is 0 Å². The van der Waals surface area contributed by atoms with Gasteiger partial charge in [-0.1, -0.05) is 12.1 Å². The minimum Gasteiger partial charge on any atom is -0.508 e. The standard InChI is InChI=1S/C15H17O6PS/c16-11-5-1-3-10(7-11)4-2-6-13-14(18)8-12(17)9-15(13)23-22(19,20)21/h1,3,5,7-9,16-18H,2,4,6H2,(H2,19,20,21). The van der Waals surface area contributed by atoms with Gasteiger partial charge in [0.2, 0.25) is 0 Å². The van der Waals surface area contributed by atoms with Gasteiger partial charge < -0.3 is 25.1 Å². The maximum atomic E-state index is 11.2. The first-order chi connectivity index (χ1) is 10.7. The van der Waals surface area contributed by atoms with Crippen molar-refractivity contribution in [1.29, 1.82) is 0 Å². The van der Waals surface area contributed by atoms with Gasteiger partial charge in [0.1, 0.15) is 17.2 Å². The van der Waals surface area contributed by atoms with E-state index >= 15 is 0 Å². The van der Waals surface area contributed by atoms with Gasteiger partial charge in [-0.2, -0.15) is 0 Å². The largest absolute Gasteiger partial charge is 0.508 e. The molecule has 0 bridgehead atoms. The summed E-state index contributed by atoms with van der Waals surface area (Å²) in [6.45, 7) is -4.39. The Morgan fingerprint density at radius 3 is 2.35 bits per heavy atom. The molecule has 0 fully saturated rings. The average molecular weight is 356 g/mol. The van der Waals surface area contributed by atoms with Crippen molar-refractivity contribution in [2.75, 3.05) is 0 Å². The first-order valence-corrected chi connectivity index (χ1v) is 9.86. The highest BCUT2D eigenvalue weighted by Crippen LogP contribution is 2.56. The Morgan fingerprint density at radius 2 is 1.70 bits per heavy atom. The van der Waals surface area contributed by atoms with Gasteiger partial charge in [0.25, 0.3) is 0 Å². The zero-order valence-electron chi connectivity index (χ0n) is 12.1. The third-order valence-electron chi connectivity index (χ3n) is 3.19. The number of aromatic hydroxyl groups is 3. The first-order valence-electron chi connectivity index (χ1n) is 6.82. The topological polar surface area (TPSA) is 118 Å². The van der Waals surface area contributed by atoms with Crippen molar-refractivity contribution >= 4 is 18.2 Å². The van der Waals surface area contributed by atoms with Crippen molar-refractivity contribution in [3.63, 3.8) is 0 Å². The molecule has 2 aromatic rings. The summed E-state index contributed by atoms with van der Waals surface area (Å²) in [6.07, 6.45) is 1.62. The molecule has 0 aliphatic carbocycles. The Hall–Kier alpha value is -1.66. The van der Waals surface area contributed by atoms with Crippen LogP contribution in [0.3, 0.4) is 0 Å². The van der Waals surface area contributed by atoms with Crippen molar-refractivity contribution in [2.24, 2.45) is 0 Å². The van der Waals surface area contributed by atoms with E-state index in [1.165, 1.54) is 6.07 Å². The molecule has 0 spiro atoms. The van der Waals surface area contributed by atoms with Crippen LogP contribution in [0, 0.1) is 0 Å². The van der Waals surface area contributed by atoms with E-state index in [-0.39, 0.29) is 22.1 Å². The lowest BCUT2D eigenvalue weighted by Crippen LogP contribution is -1.93. The lowest BCUT2D eigenvalue weighted by molar-refractivity contribution is 0.397. The average Bonchev–Trinajstić information content (AvgIpc) is 2.40. The summed E-state index contributed by atoms with van der Waals surface area (Å²) in [4.78, 5) is 18.3. The molecule has 8 heteroatoms. The molecule has 0 saturated carbocycles. The molecule has 0 aromatic heterocycles. The van der Waals surface area contributed by atoms with Crippen LogP contribution in [0.15, 0.2) is 41.3 Å². The molecular weight excluding hydrogens is 339 g/mol. The Kier molecular flexibility index (Phi) is 5.59. The van der Waals surface area contributed by atoms with Crippen LogP contribution in [0.2, 0.25) is 0 Å². The Morgan fingerprint density at radius 1 is 0.957 bits per heavy atom. The molecule has 0 unspecified atom stereocenters. The number of aryl methyl sites for hydroxylation is 1. The van der Waals surface area contributed by atoms with Crippen LogP contribution < -0.4 is 0 Å². The van der Waals surface area contributed by atoms with Gasteiger partial charge in [0.05, 0.1) is 0 Å². The molecule has 2 rings (SSSR count). The van der Waals surface area contributed by atoms with E-state index in [1.807, 2.05) is 6.07 Å². The molecule has 0 saturated heterocycles. The molecule has 0 radical (unpaired) electrons. The summed E-state index contributed by atoms with van der Waals surface area (Å²) in [5, 5.41) is 28.9. The number of rotatable bonds is 6. The SMILES string of the molecule is O=P(O)(O)Sc1cc(O)cc(O)c1CCCc1cccc(O)c1. The van der Waals surface area contributed by atoms with E-state index in [0.717, 1.165) is 11.6 Å². The van der Waals surface area contributed by atoms with E-state index in [4.69, 9.17) is 9.79 Å². The molecule has 0 atom stereocenters. The minimum atomic E-state index is -4.39. The number of phenols is 3. The smallest absolute Gasteiger partial charge is 0.388 e. The molecule has 0 aliphatic heterocycles. The fourth-order valence-corrected chi connectivity index (χ4v) is 4.26. The molecule has 6 nitrogen and oxygen atoms in total. The summed E-state index contributed by atoms with van der Waals surface area (Å²) in [5.41, 5.74) is 1.31. The maximum Gasteiger partial charge on any atom is 0.388 e. The third-order valence-corrected chi connectivity index (χ3v) is 5.29. The highest BCUT2D eigenvalue weighted by atomic mass is 32.7. The summed E-state index contributed by atoms with van der Waals surface area (Å²) < 4.78 is 11.2.